The number of pyridine rings is 4. The van der Waals surface area contributed by atoms with E-state index in [1.165, 1.54) is 9.47 Å². The third-order valence-corrected chi connectivity index (χ3v) is 14.1. The van der Waals surface area contributed by atoms with Crippen LogP contribution in [0.5, 0.6) is 5.75 Å². The molecule has 0 aromatic carbocycles. The minimum Gasteiger partial charge on any atom is -0.488 e. The second-order valence-electron chi connectivity index (χ2n) is 22.1. The summed E-state index contributed by atoms with van der Waals surface area (Å²) in [7, 11) is -4.20. The lowest BCUT2D eigenvalue weighted by atomic mass is 10.0. The number of piperazine rings is 2. The zero-order valence-electron chi connectivity index (χ0n) is 47.7. The molecule has 0 unspecified atom stereocenters. The number of hydrogen-bond donors (Lipinski definition) is 5. The Hall–Kier alpha value is -6.91. The van der Waals surface area contributed by atoms with Crippen molar-refractivity contribution in [2.75, 3.05) is 58.7 Å². The first-order valence-electron chi connectivity index (χ1n) is 26.0. The first kappa shape index (κ1) is 64.3. The zero-order chi connectivity index (χ0) is 61.1. The van der Waals surface area contributed by atoms with Crippen LogP contribution in [-0.2, 0) is 19.3 Å². The number of carbonyl (C=O) groups is 2. The third-order valence-electron chi connectivity index (χ3n) is 12.5. The van der Waals surface area contributed by atoms with Crippen LogP contribution in [0.2, 0.25) is 10.3 Å². The fourth-order valence-corrected chi connectivity index (χ4v) is 10.3. The van der Waals surface area contributed by atoms with Crippen LogP contribution >= 0.6 is 23.2 Å². The molecule has 5 N–H and O–H groups in total. The molecular formula is C53H68Cl2F2N12O12S. The van der Waals surface area contributed by atoms with Crippen molar-refractivity contribution in [2.24, 2.45) is 0 Å². The van der Waals surface area contributed by atoms with Gasteiger partial charge in [0.2, 0.25) is 5.82 Å². The molecule has 8 rings (SSSR count). The highest BCUT2D eigenvalue weighted by molar-refractivity contribution is 7.91. The molecule has 6 aromatic heterocycles. The summed E-state index contributed by atoms with van der Waals surface area (Å²) in [6.45, 7) is 24.8. The molecular weight excluding hydrogens is 1140 g/mol. The molecule has 2 aliphatic rings. The van der Waals surface area contributed by atoms with Crippen LogP contribution < -0.4 is 37.9 Å². The summed E-state index contributed by atoms with van der Waals surface area (Å²) in [5, 5.41) is 13.1. The van der Waals surface area contributed by atoms with Gasteiger partial charge in [-0.1, -0.05) is 50.9 Å². The topological polar surface area (TPSA) is 308 Å². The van der Waals surface area contributed by atoms with Crippen molar-refractivity contribution in [1.82, 2.24) is 59.5 Å². The summed E-state index contributed by atoms with van der Waals surface area (Å²) in [4.78, 5) is 98.6. The molecule has 29 heteroatoms. The molecule has 2 atom stereocenters. The molecule has 0 radical (unpaired) electrons. The second-order valence-corrected chi connectivity index (χ2v) is 24.8. The number of aliphatic hydroxyl groups excluding tert-OH is 1. The number of aromatic amines is 2. The van der Waals surface area contributed by atoms with Gasteiger partial charge in [-0.3, -0.25) is 29.5 Å². The van der Waals surface area contributed by atoms with Gasteiger partial charge in [0.25, 0.3) is 11.1 Å². The summed E-state index contributed by atoms with van der Waals surface area (Å²) >= 11 is 12.0. The quantitative estimate of drug-likeness (QED) is 0.111. The molecule has 2 aliphatic heterocycles. The van der Waals surface area contributed by atoms with E-state index in [0.717, 1.165) is 10.8 Å². The number of aliphatic hydroxyl groups is 1. The number of H-pyrrole nitrogens is 2. The van der Waals surface area contributed by atoms with E-state index in [9.17, 15) is 41.6 Å². The molecule has 0 saturated carbocycles. The predicted octanol–water partition coefficient (Wildman–Crippen LogP) is 5.57. The predicted molar refractivity (Wildman–Crippen MR) is 304 cm³/mol. The van der Waals surface area contributed by atoms with E-state index in [2.05, 4.69) is 35.6 Å². The lowest BCUT2D eigenvalue weighted by molar-refractivity contribution is 0.0165. The summed E-state index contributed by atoms with van der Waals surface area (Å²) in [5.74, 6) is -3.02. The average molecular weight is 1210 g/mol. The van der Waals surface area contributed by atoms with Gasteiger partial charge in [-0.05, 0) is 90.5 Å². The van der Waals surface area contributed by atoms with Crippen molar-refractivity contribution in [3.05, 3.63) is 111 Å². The molecule has 2 saturated heterocycles. The number of sulfone groups is 1. The monoisotopic (exact) mass is 1200 g/mol. The van der Waals surface area contributed by atoms with Gasteiger partial charge in [-0.2, -0.15) is 4.39 Å². The van der Waals surface area contributed by atoms with E-state index in [-0.39, 0.29) is 60.4 Å². The minimum absolute atomic E-state index is 0.0359. The highest BCUT2D eigenvalue weighted by atomic mass is 35.5. The van der Waals surface area contributed by atoms with Crippen molar-refractivity contribution < 1.29 is 46.1 Å². The number of hydrogen-bond acceptors (Lipinski definition) is 18. The largest absolute Gasteiger partial charge is 0.488 e. The van der Waals surface area contributed by atoms with Crippen LogP contribution in [0.25, 0.3) is 33.4 Å². The Bertz CT molecular complexity index is 3770. The smallest absolute Gasteiger partial charge is 0.410 e. The van der Waals surface area contributed by atoms with Gasteiger partial charge in [-0.15, -0.1) is 0 Å². The van der Waals surface area contributed by atoms with Crippen molar-refractivity contribution in [2.45, 2.75) is 123 Å². The lowest BCUT2D eigenvalue weighted by Crippen LogP contribution is -2.55. The Balaban J connectivity index is 0.000000218. The SMILES string of the molecule is CC(C)(C)OC(=O)N1CCN[C@@H](CO)C1.Cc1ccnc(C(C)C)c1-n1c(=O)[nH]c(=O)c2c(OC[C@H]3CN(C(=O)OC(C)(C)C)CCN3)c(F)c(Cl)nc21.Cc1ccnc(C(C)C)c1-n1c(=O)[nH]c(=O)c2c(S(C)(=O)=O)c(F)c(Cl)nc21. The number of aryl methyl sites for hydroxylation is 2. The van der Waals surface area contributed by atoms with Gasteiger partial charge in [0.15, 0.2) is 43.0 Å². The van der Waals surface area contributed by atoms with E-state index in [0.29, 0.717) is 66.6 Å². The van der Waals surface area contributed by atoms with Crippen LogP contribution in [0, 0.1) is 25.5 Å². The first-order valence-corrected chi connectivity index (χ1v) is 28.7. The molecule has 24 nitrogen and oxygen atoms in total. The van der Waals surface area contributed by atoms with Crippen LogP contribution in [-0.4, -0.2) is 157 Å². The number of nitrogens with zero attached hydrogens (tertiary/aromatic N) is 8. The lowest BCUT2D eigenvalue weighted by Gasteiger charge is -2.34. The van der Waals surface area contributed by atoms with Crippen molar-refractivity contribution in [1.29, 1.82) is 0 Å². The van der Waals surface area contributed by atoms with Crippen molar-refractivity contribution >= 4 is 67.3 Å². The van der Waals surface area contributed by atoms with Crippen molar-refractivity contribution in [3.63, 3.8) is 0 Å². The van der Waals surface area contributed by atoms with Gasteiger partial charge < -0.3 is 39.8 Å². The Morgan fingerprint density at radius 3 is 1.56 bits per heavy atom. The molecule has 8 heterocycles. The Morgan fingerprint density at radius 1 is 0.720 bits per heavy atom. The van der Waals surface area contributed by atoms with E-state index in [1.807, 2.05) is 53.5 Å². The van der Waals surface area contributed by atoms with Crippen LogP contribution in [0.1, 0.15) is 104 Å². The number of rotatable bonds is 9. The highest BCUT2D eigenvalue weighted by Gasteiger charge is 2.32. The molecule has 0 aliphatic carbocycles. The van der Waals surface area contributed by atoms with Crippen molar-refractivity contribution in [3.8, 4) is 17.1 Å². The molecule has 2 amide bonds. The van der Waals surface area contributed by atoms with Crippen LogP contribution in [0.15, 0.2) is 48.6 Å². The fourth-order valence-electron chi connectivity index (χ4n) is 8.88. The number of fused-ring (bicyclic) bond motifs is 2. The highest BCUT2D eigenvalue weighted by Crippen LogP contribution is 2.33. The Labute approximate surface area is 480 Å². The van der Waals surface area contributed by atoms with E-state index in [4.69, 9.17) is 42.5 Å². The van der Waals surface area contributed by atoms with Gasteiger partial charge in [0.1, 0.15) is 33.5 Å². The fraction of sp³-hybridized carbons (Fsp3) is 0.509. The summed E-state index contributed by atoms with van der Waals surface area (Å²) in [6, 6.07) is 2.93. The average Bonchev–Trinajstić information content (AvgIpc) is 2.52. The van der Waals surface area contributed by atoms with E-state index < -0.39 is 93.6 Å². The normalized spacial score (nSPS) is 16.0. The number of halogens is 4. The standard InChI is InChI=1S/C26H32ClFN6O5.C17H16ClFN4O4S.C10H20N2O3/c1-13(2)18-19(14(3)7-8-30-18)34-22-16(23(35)32-24(34)36)20(17(28)21(27)31-22)38-12-15-11-33(10-9-29-15)25(37)39-26(4,5)6;1-7(2)11-12(8(3)5-6-20-11)23-15-9(16(24)22-17(23)25)13(28(4,26)27)10(19)14(18)21-15;1-10(2,3)15-9(14)12-5-4-11-8(6-12)7-13/h7-8,13,15,29H,9-12H2,1-6H3,(H,32,35,36);5-7H,1-4H3,(H,22,24,25);8,11,13H,4-7H2,1-3H3/t15-;;8-/m1.1/s1. The maximum absolute atomic E-state index is 15.3. The Morgan fingerprint density at radius 2 is 1.13 bits per heavy atom. The van der Waals surface area contributed by atoms with E-state index >= 15 is 4.39 Å². The number of aromatic nitrogens is 8. The van der Waals surface area contributed by atoms with Crippen LogP contribution in [0.3, 0.4) is 0 Å². The molecule has 2 fully saturated rings. The third kappa shape index (κ3) is 14.8. The summed E-state index contributed by atoms with van der Waals surface area (Å²) < 4.78 is 72.8. The number of nitrogens with one attached hydrogen (secondary N) is 4. The summed E-state index contributed by atoms with van der Waals surface area (Å²) in [6.07, 6.45) is 3.16. The second kappa shape index (κ2) is 25.7. The number of amides is 2. The molecule has 0 bridgehead atoms. The number of carbonyl (C=O) groups excluding carboxylic acids is 2. The molecule has 446 valence electrons. The van der Waals surface area contributed by atoms with E-state index in [1.54, 1.807) is 64.0 Å². The maximum Gasteiger partial charge on any atom is 0.410 e. The maximum atomic E-state index is 15.3. The zero-order valence-corrected chi connectivity index (χ0v) is 50.0. The first-order chi connectivity index (χ1) is 38.1. The molecule has 6 aromatic rings. The van der Waals surface area contributed by atoms with Gasteiger partial charge in [0, 0.05) is 64.0 Å². The molecule has 82 heavy (non-hydrogen) atoms. The van der Waals surface area contributed by atoms with Gasteiger partial charge >= 0.3 is 23.6 Å². The minimum atomic E-state index is -4.20. The molecule has 0 spiro atoms. The van der Waals surface area contributed by atoms with Gasteiger partial charge in [0.05, 0.1) is 35.4 Å². The van der Waals surface area contributed by atoms with Crippen LogP contribution in [0.4, 0.5) is 18.4 Å². The Kier molecular flexibility index (Phi) is 20.1. The van der Waals surface area contributed by atoms with Gasteiger partial charge in [-0.25, -0.2) is 51.1 Å². The summed E-state index contributed by atoms with van der Waals surface area (Å²) in [5.41, 5.74) is -2.06. The number of ether oxygens (including phenoxy) is 3.